The number of aromatic nitrogens is 1. The van der Waals surface area contributed by atoms with Gasteiger partial charge < -0.3 is 9.88 Å². The van der Waals surface area contributed by atoms with Crippen LogP contribution in [0.1, 0.15) is 25.0 Å². The van der Waals surface area contributed by atoms with E-state index in [0.717, 1.165) is 16.5 Å². The van der Waals surface area contributed by atoms with E-state index in [1.165, 1.54) is 6.07 Å². The molecule has 0 aliphatic rings. The van der Waals surface area contributed by atoms with Crippen LogP contribution in [0, 0.1) is 17.1 Å². The van der Waals surface area contributed by atoms with E-state index in [1.54, 1.807) is 24.3 Å². The number of benzene rings is 2. The molecular formula is C22H20FN3O. The second-order valence-electron chi connectivity index (χ2n) is 6.62. The highest BCUT2D eigenvalue weighted by Gasteiger charge is 2.13. The van der Waals surface area contributed by atoms with E-state index in [9.17, 15) is 14.4 Å². The van der Waals surface area contributed by atoms with Gasteiger partial charge >= 0.3 is 0 Å². The Morgan fingerprint density at radius 2 is 1.93 bits per heavy atom. The number of hydrogen-bond acceptors (Lipinski definition) is 2. The van der Waals surface area contributed by atoms with Gasteiger partial charge in [-0.05, 0) is 32.1 Å². The number of nitrogens with one attached hydrogen (secondary N) is 1. The lowest BCUT2D eigenvalue weighted by atomic mass is 10.1. The molecule has 0 saturated carbocycles. The van der Waals surface area contributed by atoms with E-state index in [1.807, 2.05) is 54.9 Å². The lowest BCUT2D eigenvalue weighted by molar-refractivity contribution is -0.117. The third-order valence-electron chi connectivity index (χ3n) is 4.20. The number of hydrogen-bond donors (Lipinski definition) is 1. The minimum absolute atomic E-state index is 0.0393. The fourth-order valence-electron chi connectivity index (χ4n) is 2.98. The zero-order valence-corrected chi connectivity index (χ0v) is 15.2. The molecule has 3 aromatic rings. The summed E-state index contributed by atoms with van der Waals surface area (Å²) in [7, 11) is 0. The predicted molar refractivity (Wildman–Crippen MR) is 104 cm³/mol. The molecule has 1 amide bonds. The van der Waals surface area contributed by atoms with Gasteiger partial charge in [0.25, 0.3) is 5.91 Å². The highest BCUT2D eigenvalue weighted by Crippen LogP contribution is 2.25. The monoisotopic (exact) mass is 361 g/mol. The van der Waals surface area contributed by atoms with Gasteiger partial charge in [0.2, 0.25) is 0 Å². The zero-order valence-electron chi connectivity index (χ0n) is 15.2. The molecule has 1 heterocycles. The predicted octanol–water partition coefficient (Wildman–Crippen LogP) is 4.26. The normalized spacial score (nSPS) is 11.6. The third-order valence-corrected chi connectivity index (χ3v) is 4.20. The SMILES string of the molecule is CC(C)NC(=O)/C(C#N)=C\c1cn(Cc2ccccc2F)c2ccccc12. The van der Waals surface area contributed by atoms with Gasteiger partial charge in [0.15, 0.2) is 0 Å². The van der Waals surface area contributed by atoms with E-state index < -0.39 is 5.91 Å². The van der Waals surface area contributed by atoms with Crippen LogP contribution in [0.5, 0.6) is 0 Å². The minimum atomic E-state index is -0.404. The molecule has 0 fully saturated rings. The van der Waals surface area contributed by atoms with E-state index in [2.05, 4.69) is 5.32 Å². The van der Waals surface area contributed by atoms with Crippen LogP contribution in [0.4, 0.5) is 4.39 Å². The fraction of sp³-hybridized carbons (Fsp3) is 0.182. The van der Waals surface area contributed by atoms with Gasteiger partial charge in [-0.2, -0.15) is 5.26 Å². The summed E-state index contributed by atoms with van der Waals surface area (Å²) in [6.45, 7) is 4.04. The summed E-state index contributed by atoms with van der Waals surface area (Å²) in [4.78, 5) is 12.2. The summed E-state index contributed by atoms with van der Waals surface area (Å²) in [5.41, 5.74) is 2.27. The van der Waals surface area contributed by atoms with E-state index in [-0.39, 0.29) is 17.4 Å². The summed E-state index contributed by atoms with van der Waals surface area (Å²) in [6, 6.07) is 16.2. The van der Waals surface area contributed by atoms with Crippen LogP contribution in [-0.4, -0.2) is 16.5 Å². The number of para-hydroxylation sites is 1. The molecule has 0 radical (unpaired) electrons. The van der Waals surface area contributed by atoms with Crippen molar-refractivity contribution in [3.63, 3.8) is 0 Å². The molecule has 4 nitrogen and oxygen atoms in total. The van der Waals surface area contributed by atoms with Crippen LogP contribution in [0.3, 0.4) is 0 Å². The Hall–Kier alpha value is -3.39. The van der Waals surface area contributed by atoms with Crippen molar-refractivity contribution in [3.8, 4) is 6.07 Å². The average molecular weight is 361 g/mol. The van der Waals surface area contributed by atoms with Crippen LogP contribution < -0.4 is 5.32 Å². The number of halogens is 1. The third kappa shape index (κ3) is 4.06. The lowest BCUT2D eigenvalue weighted by Crippen LogP contribution is -2.30. The molecule has 3 rings (SSSR count). The largest absolute Gasteiger partial charge is 0.349 e. The highest BCUT2D eigenvalue weighted by atomic mass is 19.1. The number of nitriles is 1. The number of nitrogens with zero attached hydrogens (tertiary/aromatic N) is 2. The fourth-order valence-corrected chi connectivity index (χ4v) is 2.98. The molecular weight excluding hydrogens is 341 g/mol. The second kappa shape index (κ2) is 7.88. The Morgan fingerprint density at radius 3 is 2.63 bits per heavy atom. The Bertz CT molecular complexity index is 1060. The summed E-state index contributed by atoms with van der Waals surface area (Å²) in [5.74, 6) is -0.667. The molecule has 0 bridgehead atoms. The van der Waals surface area contributed by atoms with Crippen molar-refractivity contribution in [1.82, 2.24) is 9.88 Å². The first-order valence-electron chi connectivity index (χ1n) is 8.73. The summed E-state index contributed by atoms with van der Waals surface area (Å²) in [5, 5.41) is 13.0. The molecule has 27 heavy (non-hydrogen) atoms. The van der Waals surface area contributed by atoms with Crippen molar-refractivity contribution in [2.24, 2.45) is 0 Å². The molecule has 0 saturated heterocycles. The Kier molecular flexibility index (Phi) is 5.37. The van der Waals surface area contributed by atoms with Crippen molar-refractivity contribution < 1.29 is 9.18 Å². The topological polar surface area (TPSA) is 57.8 Å². The summed E-state index contributed by atoms with van der Waals surface area (Å²) in [6.07, 6.45) is 3.43. The van der Waals surface area contributed by atoms with Crippen molar-refractivity contribution in [1.29, 1.82) is 5.26 Å². The smallest absolute Gasteiger partial charge is 0.262 e. The quantitative estimate of drug-likeness (QED) is 0.545. The molecule has 1 N–H and O–H groups in total. The Labute approximate surface area is 157 Å². The molecule has 0 spiro atoms. The number of fused-ring (bicyclic) bond motifs is 1. The van der Waals surface area contributed by atoms with Gasteiger partial charge in [-0.25, -0.2) is 4.39 Å². The van der Waals surface area contributed by atoms with Crippen LogP contribution >= 0.6 is 0 Å². The first-order chi connectivity index (χ1) is 13.0. The zero-order chi connectivity index (χ0) is 19.4. The Balaban J connectivity index is 2.05. The van der Waals surface area contributed by atoms with Crippen molar-refractivity contribution in [3.05, 3.63) is 77.2 Å². The minimum Gasteiger partial charge on any atom is -0.349 e. The second-order valence-corrected chi connectivity index (χ2v) is 6.62. The molecule has 136 valence electrons. The molecule has 0 atom stereocenters. The molecule has 0 aliphatic heterocycles. The molecule has 0 unspecified atom stereocenters. The average Bonchev–Trinajstić information content (AvgIpc) is 2.98. The first kappa shape index (κ1) is 18.4. The van der Waals surface area contributed by atoms with Gasteiger partial charge in [-0.1, -0.05) is 36.4 Å². The Morgan fingerprint density at radius 1 is 1.22 bits per heavy atom. The summed E-state index contributed by atoms with van der Waals surface area (Å²) < 4.78 is 16.0. The van der Waals surface area contributed by atoms with Crippen LogP contribution in [-0.2, 0) is 11.3 Å². The molecule has 1 aromatic heterocycles. The van der Waals surface area contributed by atoms with Crippen molar-refractivity contribution in [2.45, 2.75) is 26.4 Å². The van der Waals surface area contributed by atoms with E-state index >= 15 is 0 Å². The van der Waals surface area contributed by atoms with Crippen LogP contribution in [0.25, 0.3) is 17.0 Å². The summed E-state index contributed by atoms with van der Waals surface area (Å²) >= 11 is 0. The van der Waals surface area contributed by atoms with Gasteiger partial charge in [0, 0.05) is 34.3 Å². The van der Waals surface area contributed by atoms with Gasteiger partial charge in [-0.3, -0.25) is 4.79 Å². The standard InChI is InChI=1S/C22H20FN3O/c1-15(2)25-22(27)17(12-24)11-18-14-26(21-10-6-4-8-19(18)21)13-16-7-3-5-9-20(16)23/h3-11,14-15H,13H2,1-2H3,(H,25,27)/b17-11-. The van der Waals surface area contributed by atoms with Gasteiger partial charge in [0.1, 0.15) is 17.5 Å². The highest BCUT2D eigenvalue weighted by molar-refractivity contribution is 6.04. The van der Waals surface area contributed by atoms with Crippen LogP contribution in [0.15, 0.2) is 60.3 Å². The van der Waals surface area contributed by atoms with Crippen LogP contribution in [0.2, 0.25) is 0 Å². The van der Waals surface area contributed by atoms with Gasteiger partial charge in [0.05, 0.1) is 6.54 Å². The maximum Gasteiger partial charge on any atom is 0.262 e. The first-order valence-corrected chi connectivity index (χ1v) is 8.73. The molecule has 5 heteroatoms. The molecule has 0 aliphatic carbocycles. The van der Waals surface area contributed by atoms with Crippen molar-refractivity contribution >= 4 is 22.9 Å². The maximum absolute atomic E-state index is 14.1. The number of carbonyl (C=O) groups is 1. The van der Waals surface area contributed by atoms with E-state index in [4.69, 9.17) is 0 Å². The lowest BCUT2D eigenvalue weighted by Gasteiger charge is -2.06. The number of carbonyl (C=O) groups excluding carboxylic acids is 1. The molecule has 2 aromatic carbocycles. The van der Waals surface area contributed by atoms with Crippen molar-refractivity contribution in [2.75, 3.05) is 0 Å². The van der Waals surface area contributed by atoms with E-state index in [0.29, 0.717) is 12.1 Å². The number of amides is 1. The number of rotatable bonds is 5. The maximum atomic E-state index is 14.1. The van der Waals surface area contributed by atoms with Gasteiger partial charge in [-0.15, -0.1) is 0 Å².